The highest BCUT2D eigenvalue weighted by Crippen LogP contribution is 2.12. The number of hydrogen-bond donors (Lipinski definition) is 2. The highest BCUT2D eigenvalue weighted by Gasteiger charge is 2.15. The highest BCUT2D eigenvalue weighted by atomic mass is 19.1. The number of aromatic nitrogens is 2. The van der Waals surface area contributed by atoms with Crippen molar-refractivity contribution in [1.82, 2.24) is 15.3 Å². The first-order valence-corrected chi connectivity index (χ1v) is 6.65. The number of benzene rings is 1. The number of anilines is 1. The Labute approximate surface area is 122 Å². The SMILES string of the molecule is CC(Cc1ccccc1F)C(=O)NCc1nccc(N)n1. The van der Waals surface area contributed by atoms with Gasteiger partial charge >= 0.3 is 0 Å². The molecule has 0 aliphatic carbocycles. The van der Waals surface area contributed by atoms with Crippen molar-refractivity contribution in [1.29, 1.82) is 0 Å². The van der Waals surface area contributed by atoms with E-state index in [0.717, 1.165) is 0 Å². The summed E-state index contributed by atoms with van der Waals surface area (Å²) < 4.78 is 13.5. The van der Waals surface area contributed by atoms with Crippen molar-refractivity contribution in [3.63, 3.8) is 0 Å². The molecule has 21 heavy (non-hydrogen) atoms. The van der Waals surface area contributed by atoms with E-state index in [2.05, 4.69) is 15.3 Å². The molecule has 1 heterocycles. The van der Waals surface area contributed by atoms with Crippen molar-refractivity contribution in [2.45, 2.75) is 19.9 Å². The second-order valence-corrected chi connectivity index (χ2v) is 4.81. The van der Waals surface area contributed by atoms with Crippen LogP contribution in [0.25, 0.3) is 0 Å². The van der Waals surface area contributed by atoms with Crippen molar-refractivity contribution in [3.8, 4) is 0 Å². The number of carbonyl (C=O) groups is 1. The number of amides is 1. The molecule has 110 valence electrons. The molecular weight excluding hydrogens is 271 g/mol. The van der Waals surface area contributed by atoms with Crippen LogP contribution < -0.4 is 11.1 Å². The van der Waals surface area contributed by atoms with Crippen LogP contribution in [-0.2, 0) is 17.8 Å². The van der Waals surface area contributed by atoms with Crippen LogP contribution in [0.15, 0.2) is 36.5 Å². The number of rotatable bonds is 5. The maximum atomic E-state index is 13.5. The van der Waals surface area contributed by atoms with Crippen LogP contribution in [0.2, 0.25) is 0 Å². The van der Waals surface area contributed by atoms with Crippen LogP contribution in [0.4, 0.5) is 10.2 Å². The fraction of sp³-hybridized carbons (Fsp3) is 0.267. The molecule has 0 aliphatic heterocycles. The molecule has 5 nitrogen and oxygen atoms in total. The van der Waals surface area contributed by atoms with Crippen molar-refractivity contribution >= 4 is 11.7 Å². The van der Waals surface area contributed by atoms with E-state index >= 15 is 0 Å². The number of halogens is 1. The Morgan fingerprint density at radius 2 is 2.14 bits per heavy atom. The Kier molecular flexibility index (Phi) is 4.81. The average Bonchev–Trinajstić information content (AvgIpc) is 2.47. The fourth-order valence-electron chi connectivity index (χ4n) is 1.93. The van der Waals surface area contributed by atoms with E-state index < -0.39 is 0 Å². The maximum absolute atomic E-state index is 13.5. The number of nitrogens with zero attached hydrogens (tertiary/aromatic N) is 2. The largest absolute Gasteiger partial charge is 0.384 e. The minimum Gasteiger partial charge on any atom is -0.384 e. The molecule has 1 atom stereocenters. The zero-order chi connectivity index (χ0) is 15.2. The third-order valence-corrected chi connectivity index (χ3v) is 3.08. The van der Waals surface area contributed by atoms with Gasteiger partial charge in [0.05, 0.1) is 6.54 Å². The molecule has 0 bridgehead atoms. The summed E-state index contributed by atoms with van der Waals surface area (Å²) in [5, 5.41) is 2.72. The van der Waals surface area contributed by atoms with Gasteiger partial charge in [-0.15, -0.1) is 0 Å². The first-order valence-electron chi connectivity index (χ1n) is 6.65. The van der Waals surface area contributed by atoms with E-state index in [4.69, 9.17) is 5.73 Å². The molecule has 1 aromatic heterocycles. The van der Waals surface area contributed by atoms with Gasteiger partial charge in [-0.1, -0.05) is 25.1 Å². The van der Waals surface area contributed by atoms with Crippen LogP contribution in [-0.4, -0.2) is 15.9 Å². The molecule has 6 heteroatoms. The standard InChI is InChI=1S/C15H17FN4O/c1-10(8-11-4-2-3-5-12(11)16)15(21)19-9-14-18-7-6-13(17)20-14/h2-7,10H,8-9H2,1H3,(H,19,21)(H2,17,18,20). The number of hydrogen-bond acceptors (Lipinski definition) is 4. The van der Waals surface area contributed by atoms with Gasteiger partial charge < -0.3 is 11.1 Å². The Morgan fingerprint density at radius 1 is 1.38 bits per heavy atom. The maximum Gasteiger partial charge on any atom is 0.223 e. The predicted molar refractivity (Wildman–Crippen MR) is 77.6 cm³/mol. The van der Waals surface area contributed by atoms with Gasteiger partial charge in [-0.05, 0) is 24.1 Å². The Morgan fingerprint density at radius 3 is 2.86 bits per heavy atom. The Balaban J connectivity index is 1.90. The van der Waals surface area contributed by atoms with Gasteiger partial charge in [-0.25, -0.2) is 14.4 Å². The Hall–Kier alpha value is -2.50. The lowest BCUT2D eigenvalue weighted by Crippen LogP contribution is -2.30. The minimum atomic E-state index is -0.344. The quantitative estimate of drug-likeness (QED) is 0.877. The summed E-state index contributed by atoms with van der Waals surface area (Å²) in [4.78, 5) is 20.0. The minimum absolute atomic E-state index is 0.177. The van der Waals surface area contributed by atoms with Crippen LogP contribution >= 0.6 is 0 Å². The van der Waals surface area contributed by atoms with E-state index in [1.165, 1.54) is 12.3 Å². The molecule has 1 aromatic carbocycles. The normalized spacial score (nSPS) is 11.9. The lowest BCUT2D eigenvalue weighted by Gasteiger charge is -2.12. The topological polar surface area (TPSA) is 80.9 Å². The van der Waals surface area contributed by atoms with E-state index in [0.29, 0.717) is 23.6 Å². The first-order chi connectivity index (χ1) is 10.1. The number of carbonyl (C=O) groups excluding carboxylic acids is 1. The van der Waals surface area contributed by atoms with E-state index in [1.54, 1.807) is 31.2 Å². The predicted octanol–water partition coefficient (Wildman–Crippen LogP) is 1.69. The number of nitrogens with two attached hydrogens (primary N) is 1. The second-order valence-electron chi connectivity index (χ2n) is 4.81. The zero-order valence-electron chi connectivity index (χ0n) is 11.7. The van der Waals surface area contributed by atoms with E-state index in [-0.39, 0.29) is 24.2 Å². The number of nitrogen functional groups attached to an aromatic ring is 1. The van der Waals surface area contributed by atoms with Gasteiger partial charge in [-0.2, -0.15) is 0 Å². The second kappa shape index (κ2) is 6.78. The van der Waals surface area contributed by atoms with Crippen LogP contribution in [0.1, 0.15) is 18.3 Å². The summed E-state index contributed by atoms with van der Waals surface area (Å²) in [5.74, 6) is -0.0151. The molecule has 1 amide bonds. The molecule has 2 aromatic rings. The van der Waals surface area contributed by atoms with Crippen molar-refractivity contribution in [3.05, 3.63) is 53.7 Å². The molecule has 0 saturated heterocycles. The van der Waals surface area contributed by atoms with Crippen LogP contribution in [0.3, 0.4) is 0 Å². The van der Waals surface area contributed by atoms with Crippen molar-refractivity contribution in [2.24, 2.45) is 5.92 Å². The highest BCUT2D eigenvalue weighted by molar-refractivity contribution is 5.78. The molecule has 0 spiro atoms. The van der Waals surface area contributed by atoms with Gasteiger partial charge in [0.1, 0.15) is 17.5 Å². The third-order valence-electron chi connectivity index (χ3n) is 3.08. The lowest BCUT2D eigenvalue weighted by atomic mass is 10.00. The van der Waals surface area contributed by atoms with Crippen LogP contribution in [0.5, 0.6) is 0 Å². The summed E-state index contributed by atoms with van der Waals surface area (Å²) in [7, 11) is 0. The monoisotopic (exact) mass is 288 g/mol. The van der Waals surface area contributed by atoms with Gasteiger partial charge in [-0.3, -0.25) is 4.79 Å². The smallest absolute Gasteiger partial charge is 0.223 e. The van der Waals surface area contributed by atoms with Gasteiger partial charge in [0.15, 0.2) is 0 Å². The summed E-state index contributed by atoms with van der Waals surface area (Å²) in [6.45, 7) is 1.95. The lowest BCUT2D eigenvalue weighted by molar-refractivity contribution is -0.124. The fourth-order valence-corrected chi connectivity index (χ4v) is 1.93. The van der Waals surface area contributed by atoms with Crippen molar-refractivity contribution in [2.75, 3.05) is 5.73 Å². The number of nitrogens with one attached hydrogen (secondary N) is 1. The Bertz CT molecular complexity index is 633. The van der Waals surface area contributed by atoms with E-state index in [9.17, 15) is 9.18 Å². The molecule has 0 radical (unpaired) electrons. The molecule has 2 rings (SSSR count). The molecule has 0 fully saturated rings. The summed E-state index contributed by atoms with van der Waals surface area (Å²) in [6, 6.07) is 8.02. The molecule has 3 N–H and O–H groups in total. The zero-order valence-corrected chi connectivity index (χ0v) is 11.7. The van der Waals surface area contributed by atoms with Gasteiger partial charge in [0.2, 0.25) is 5.91 Å². The van der Waals surface area contributed by atoms with E-state index in [1.807, 2.05) is 0 Å². The van der Waals surface area contributed by atoms with Crippen LogP contribution in [0, 0.1) is 11.7 Å². The van der Waals surface area contributed by atoms with Gasteiger partial charge in [0.25, 0.3) is 0 Å². The third kappa shape index (κ3) is 4.24. The molecular formula is C15H17FN4O. The summed E-state index contributed by atoms with van der Waals surface area (Å²) in [5.41, 5.74) is 6.07. The molecule has 1 unspecified atom stereocenters. The van der Waals surface area contributed by atoms with Crippen molar-refractivity contribution < 1.29 is 9.18 Å². The van der Waals surface area contributed by atoms with Gasteiger partial charge in [0, 0.05) is 12.1 Å². The molecule has 0 saturated carbocycles. The first kappa shape index (κ1) is 14.9. The summed E-state index contributed by atoms with van der Waals surface area (Å²) in [6.07, 6.45) is 1.88. The summed E-state index contributed by atoms with van der Waals surface area (Å²) >= 11 is 0. The average molecular weight is 288 g/mol. The molecule has 0 aliphatic rings.